The second kappa shape index (κ2) is 11.2. The van der Waals surface area contributed by atoms with Gasteiger partial charge in [0.15, 0.2) is 0 Å². The van der Waals surface area contributed by atoms with Gasteiger partial charge in [-0.2, -0.15) is 0 Å². The summed E-state index contributed by atoms with van der Waals surface area (Å²) in [6, 6.07) is 11.6. The minimum atomic E-state index is -0.938. The van der Waals surface area contributed by atoms with Crippen molar-refractivity contribution in [1.82, 2.24) is 10.2 Å². The van der Waals surface area contributed by atoms with E-state index in [1.54, 1.807) is 61.8 Å². The maximum Gasteiger partial charge on any atom is 0.265 e. The molecule has 3 aromatic rings. The average molecular weight is 483 g/mol. The Morgan fingerprint density at radius 3 is 2.59 bits per heavy atom. The van der Waals surface area contributed by atoms with Crippen LogP contribution in [0.4, 0.5) is 0 Å². The lowest BCUT2D eigenvalue weighted by atomic mass is 9.94. The number of methoxy groups -OCH3 is 2. The van der Waals surface area contributed by atoms with Gasteiger partial charge in [0.25, 0.3) is 5.91 Å². The first-order valence-electron chi connectivity index (χ1n) is 11.5. The molecule has 2 heterocycles. The zero-order chi connectivity index (χ0) is 23.9. The van der Waals surface area contributed by atoms with Crippen LogP contribution in [0.15, 0.2) is 58.5 Å². The summed E-state index contributed by atoms with van der Waals surface area (Å²) in [4.78, 5) is 29.7. The Morgan fingerprint density at radius 2 is 1.94 bits per heavy atom. The van der Waals surface area contributed by atoms with Crippen LogP contribution in [0, 0.1) is 0 Å². The van der Waals surface area contributed by atoms with Crippen molar-refractivity contribution >= 4 is 23.2 Å². The van der Waals surface area contributed by atoms with E-state index in [1.165, 1.54) is 17.8 Å². The van der Waals surface area contributed by atoms with Crippen molar-refractivity contribution in [2.24, 2.45) is 0 Å². The molecule has 1 N–H and O–H groups in total. The third-order valence-electron chi connectivity index (χ3n) is 6.14. The van der Waals surface area contributed by atoms with E-state index in [-0.39, 0.29) is 24.4 Å². The molecular formula is C26H30N2O5S. The van der Waals surface area contributed by atoms with Gasteiger partial charge in [0.1, 0.15) is 23.3 Å². The molecule has 1 fully saturated rings. The Labute approximate surface area is 203 Å². The molecular weight excluding hydrogens is 452 g/mol. The van der Waals surface area contributed by atoms with Crippen molar-refractivity contribution in [3.8, 4) is 11.5 Å². The number of furan rings is 1. The van der Waals surface area contributed by atoms with E-state index < -0.39 is 6.04 Å². The fourth-order valence-corrected chi connectivity index (χ4v) is 5.10. The van der Waals surface area contributed by atoms with Crippen molar-refractivity contribution in [3.63, 3.8) is 0 Å². The van der Waals surface area contributed by atoms with Crippen LogP contribution in [0.25, 0.3) is 0 Å². The number of rotatable bonds is 9. The zero-order valence-electron chi connectivity index (χ0n) is 19.5. The highest BCUT2D eigenvalue weighted by Crippen LogP contribution is 2.36. The van der Waals surface area contributed by atoms with Crippen LogP contribution < -0.4 is 14.8 Å². The van der Waals surface area contributed by atoms with Crippen LogP contribution in [0.3, 0.4) is 0 Å². The lowest BCUT2D eigenvalue weighted by Crippen LogP contribution is -2.46. The zero-order valence-corrected chi connectivity index (χ0v) is 20.3. The molecule has 2 aromatic heterocycles. The fourth-order valence-electron chi connectivity index (χ4n) is 4.42. The second-order valence-corrected chi connectivity index (χ2v) is 9.29. The van der Waals surface area contributed by atoms with E-state index in [0.29, 0.717) is 27.7 Å². The number of benzene rings is 1. The molecule has 7 nitrogen and oxygen atoms in total. The van der Waals surface area contributed by atoms with Crippen LogP contribution in [-0.4, -0.2) is 37.0 Å². The first-order valence-corrected chi connectivity index (χ1v) is 12.4. The predicted molar refractivity (Wildman–Crippen MR) is 130 cm³/mol. The first-order chi connectivity index (χ1) is 16.6. The van der Waals surface area contributed by atoms with Crippen molar-refractivity contribution in [2.45, 2.75) is 50.7 Å². The summed E-state index contributed by atoms with van der Waals surface area (Å²) in [5.74, 6) is 1.18. The van der Waals surface area contributed by atoms with Gasteiger partial charge in [-0.3, -0.25) is 9.59 Å². The smallest absolute Gasteiger partial charge is 0.265 e. The summed E-state index contributed by atoms with van der Waals surface area (Å²) in [5.41, 5.74) is 0.562. The summed E-state index contributed by atoms with van der Waals surface area (Å²) in [6.45, 7) is 0.132. The Bertz CT molecular complexity index is 1070. The monoisotopic (exact) mass is 482 g/mol. The molecule has 1 aliphatic carbocycles. The molecule has 0 unspecified atom stereocenters. The summed E-state index contributed by atoms with van der Waals surface area (Å²) in [6.07, 6.45) is 6.79. The van der Waals surface area contributed by atoms with Crippen molar-refractivity contribution in [2.75, 3.05) is 14.2 Å². The minimum absolute atomic E-state index is 0.0858. The lowest BCUT2D eigenvalue weighted by molar-refractivity contribution is -0.127. The standard InChI is InChI=1S/C26H30N2O5S/c1-31-19-12-13-22(32-2)21(16-19)24(25(29)27-18-8-4-3-5-9-18)28(17-20-10-6-14-33-20)26(30)23-11-7-15-34-23/h6-7,10-16,18,24H,3-5,8-9,17H2,1-2H3,(H,27,29)/t24-/m0/s1. The first kappa shape index (κ1) is 23.9. The number of nitrogens with one attached hydrogen (secondary N) is 1. The van der Waals surface area contributed by atoms with E-state index in [9.17, 15) is 9.59 Å². The number of hydrogen-bond acceptors (Lipinski definition) is 6. The van der Waals surface area contributed by atoms with Gasteiger partial charge in [-0.15, -0.1) is 11.3 Å². The fraction of sp³-hybridized carbons (Fsp3) is 0.385. The highest BCUT2D eigenvalue weighted by Gasteiger charge is 2.36. The third-order valence-corrected chi connectivity index (χ3v) is 7.00. The maximum absolute atomic E-state index is 13.9. The molecule has 0 saturated heterocycles. The number of carbonyl (C=O) groups is 2. The van der Waals surface area contributed by atoms with Gasteiger partial charge >= 0.3 is 0 Å². The molecule has 0 spiro atoms. The lowest BCUT2D eigenvalue weighted by Gasteiger charge is -2.33. The van der Waals surface area contributed by atoms with E-state index in [0.717, 1.165) is 25.7 Å². The molecule has 2 amide bonds. The molecule has 1 aromatic carbocycles. The number of nitrogens with zero attached hydrogens (tertiary/aromatic N) is 1. The molecule has 0 aliphatic heterocycles. The quantitative estimate of drug-likeness (QED) is 0.454. The summed E-state index contributed by atoms with van der Waals surface area (Å²) < 4.78 is 16.6. The van der Waals surface area contributed by atoms with E-state index >= 15 is 0 Å². The molecule has 34 heavy (non-hydrogen) atoms. The van der Waals surface area contributed by atoms with Gasteiger partial charge < -0.3 is 24.1 Å². The number of ether oxygens (including phenoxy) is 2. The van der Waals surface area contributed by atoms with Crippen LogP contribution in [0.2, 0.25) is 0 Å². The van der Waals surface area contributed by atoms with Gasteiger partial charge in [0, 0.05) is 11.6 Å². The normalized spacial score (nSPS) is 14.9. The second-order valence-electron chi connectivity index (χ2n) is 8.34. The van der Waals surface area contributed by atoms with Crippen molar-refractivity contribution in [1.29, 1.82) is 0 Å². The minimum Gasteiger partial charge on any atom is -0.497 e. The van der Waals surface area contributed by atoms with Crippen molar-refractivity contribution < 1.29 is 23.5 Å². The number of carbonyl (C=O) groups excluding carboxylic acids is 2. The Hall–Kier alpha value is -3.26. The maximum atomic E-state index is 13.9. The van der Waals surface area contributed by atoms with Crippen molar-refractivity contribution in [3.05, 3.63) is 70.3 Å². The van der Waals surface area contributed by atoms with Crippen LogP contribution in [0.5, 0.6) is 11.5 Å². The number of thiophene rings is 1. The highest BCUT2D eigenvalue weighted by molar-refractivity contribution is 7.12. The third kappa shape index (κ3) is 5.44. The molecule has 1 saturated carbocycles. The van der Waals surface area contributed by atoms with Gasteiger partial charge in [-0.05, 0) is 54.6 Å². The Kier molecular flexibility index (Phi) is 7.90. The molecule has 1 atom stereocenters. The molecule has 1 aliphatic rings. The van der Waals surface area contributed by atoms with Gasteiger partial charge in [0.05, 0.1) is 31.9 Å². The molecule has 180 valence electrons. The SMILES string of the molecule is COc1ccc(OC)c([C@@H](C(=O)NC2CCCCC2)N(Cc2ccco2)C(=O)c2cccs2)c1. The van der Waals surface area contributed by atoms with E-state index in [4.69, 9.17) is 13.9 Å². The van der Waals surface area contributed by atoms with E-state index in [2.05, 4.69) is 5.32 Å². The molecule has 4 rings (SSSR count). The van der Waals surface area contributed by atoms with Crippen LogP contribution in [0.1, 0.15) is 59.1 Å². The average Bonchev–Trinajstić information content (AvgIpc) is 3.58. The molecule has 0 radical (unpaired) electrons. The topological polar surface area (TPSA) is 81.0 Å². The highest BCUT2D eigenvalue weighted by atomic mass is 32.1. The summed E-state index contributed by atoms with van der Waals surface area (Å²) in [7, 11) is 3.12. The summed E-state index contributed by atoms with van der Waals surface area (Å²) in [5, 5.41) is 5.06. The molecule has 0 bridgehead atoms. The molecule has 8 heteroatoms. The summed E-state index contributed by atoms with van der Waals surface area (Å²) >= 11 is 1.34. The number of amides is 2. The van der Waals surface area contributed by atoms with Crippen LogP contribution in [-0.2, 0) is 11.3 Å². The van der Waals surface area contributed by atoms with Gasteiger partial charge in [0.2, 0.25) is 5.91 Å². The van der Waals surface area contributed by atoms with E-state index in [1.807, 2.05) is 11.4 Å². The van der Waals surface area contributed by atoms with Gasteiger partial charge in [-0.25, -0.2) is 0 Å². The largest absolute Gasteiger partial charge is 0.497 e. The van der Waals surface area contributed by atoms with Crippen LogP contribution >= 0.6 is 11.3 Å². The number of hydrogen-bond donors (Lipinski definition) is 1. The Morgan fingerprint density at radius 1 is 1.12 bits per heavy atom. The van der Waals surface area contributed by atoms with Gasteiger partial charge in [-0.1, -0.05) is 25.3 Å². The Balaban J connectivity index is 1.79. The predicted octanol–water partition coefficient (Wildman–Crippen LogP) is 5.19.